The van der Waals surface area contributed by atoms with Crippen molar-refractivity contribution < 1.29 is 24.5 Å². The fraction of sp³-hybridized carbons (Fsp3) is 0.591. The number of furan rings is 1. The number of carboxylic acids is 1. The lowest BCUT2D eigenvalue weighted by Gasteiger charge is -2.18. The third-order valence-corrected chi connectivity index (χ3v) is 6.14. The summed E-state index contributed by atoms with van der Waals surface area (Å²) < 4.78 is 6.55. The van der Waals surface area contributed by atoms with E-state index in [1.807, 2.05) is 31.2 Å². The molecule has 0 bridgehead atoms. The van der Waals surface area contributed by atoms with E-state index in [0.717, 1.165) is 41.7 Å². The molecule has 2 rings (SSSR count). The molecule has 4 atom stereocenters. The normalized spacial score (nSPS) is 23.8. The number of aryl methyl sites for hydroxylation is 2. The number of aliphatic hydroxyl groups is 2. The number of carbonyl (C=O) groups is 1. The van der Waals surface area contributed by atoms with Gasteiger partial charge in [-0.05, 0) is 79.3 Å². The Morgan fingerprint density at radius 2 is 2.18 bits per heavy atom. The number of aliphatic carboxylic acids is 1. The van der Waals surface area contributed by atoms with Crippen LogP contribution in [0.4, 0.5) is 0 Å². The predicted molar refractivity (Wildman–Crippen MR) is 112 cm³/mol. The van der Waals surface area contributed by atoms with Gasteiger partial charge in [0, 0.05) is 12.8 Å². The largest absolute Gasteiger partial charge is 0.481 e. The molecule has 0 radical (unpaired) electrons. The van der Waals surface area contributed by atoms with Gasteiger partial charge in [0.1, 0.15) is 11.5 Å². The molecule has 156 valence electrons. The van der Waals surface area contributed by atoms with Gasteiger partial charge in [0.2, 0.25) is 0 Å². The second kappa shape index (κ2) is 11.6. The number of halogens is 1. The molecule has 0 aliphatic heterocycles. The summed E-state index contributed by atoms with van der Waals surface area (Å²) in [4.78, 5) is 10.5. The lowest BCUT2D eigenvalue weighted by atomic mass is 9.90. The molecule has 1 fully saturated rings. The first-order valence-corrected chi connectivity index (χ1v) is 10.8. The third-order valence-electron chi connectivity index (χ3n) is 5.35. The summed E-state index contributed by atoms with van der Waals surface area (Å²) >= 11 is 3.43. The van der Waals surface area contributed by atoms with Crippen molar-refractivity contribution in [3.8, 4) is 0 Å². The SMILES string of the molecule is Cc1oc(CC[C@H](O)C=C[C@H]2CCC(O)[C@@H]2CC=CCCCC(=O)O)cc1Br. The van der Waals surface area contributed by atoms with Crippen LogP contribution in [0.25, 0.3) is 0 Å². The lowest BCUT2D eigenvalue weighted by molar-refractivity contribution is -0.137. The van der Waals surface area contributed by atoms with Crippen molar-refractivity contribution in [3.05, 3.63) is 46.4 Å². The fourth-order valence-electron chi connectivity index (χ4n) is 3.69. The zero-order valence-corrected chi connectivity index (χ0v) is 18.0. The minimum atomic E-state index is -0.766. The van der Waals surface area contributed by atoms with Gasteiger partial charge in [-0.3, -0.25) is 4.79 Å². The van der Waals surface area contributed by atoms with Crippen molar-refractivity contribution in [2.24, 2.45) is 11.8 Å². The fourth-order valence-corrected chi connectivity index (χ4v) is 4.02. The highest BCUT2D eigenvalue weighted by Gasteiger charge is 2.32. The first-order valence-electron chi connectivity index (χ1n) is 10.0. The van der Waals surface area contributed by atoms with Crippen LogP contribution in [0.1, 0.15) is 56.5 Å². The molecule has 6 heteroatoms. The highest BCUT2D eigenvalue weighted by molar-refractivity contribution is 9.10. The van der Waals surface area contributed by atoms with Gasteiger partial charge in [-0.15, -0.1) is 0 Å². The monoisotopic (exact) mass is 454 g/mol. The van der Waals surface area contributed by atoms with Crippen LogP contribution < -0.4 is 0 Å². The molecule has 1 aliphatic carbocycles. The highest BCUT2D eigenvalue weighted by atomic mass is 79.9. The van der Waals surface area contributed by atoms with Crippen molar-refractivity contribution in [2.45, 2.75) is 70.5 Å². The van der Waals surface area contributed by atoms with E-state index in [1.54, 1.807) is 0 Å². The first-order chi connectivity index (χ1) is 13.4. The van der Waals surface area contributed by atoms with E-state index >= 15 is 0 Å². The summed E-state index contributed by atoms with van der Waals surface area (Å²) in [5.74, 6) is 1.35. The number of aliphatic hydroxyl groups excluding tert-OH is 2. The second-order valence-corrected chi connectivity index (χ2v) is 8.43. The van der Waals surface area contributed by atoms with Gasteiger partial charge in [0.25, 0.3) is 0 Å². The molecule has 3 N–H and O–H groups in total. The molecule has 1 aromatic rings. The molecule has 0 spiro atoms. The summed E-state index contributed by atoms with van der Waals surface area (Å²) in [5, 5.41) is 29.1. The van der Waals surface area contributed by atoms with E-state index in [1.165, 1.54) is 0 Å². The van der Waals surface area contributed by atoms with Crippen molar-refractivity contribution in [1.29, 1.82) is 0 Å². The number of hydrogen-bond donors (Lipinski definition) is 3. The summed E-state index contributed by atoms with van der Waals surface area (Å²) in [5.41, 5.74) is 0. The maximum atomic E-state index is 10.5. The number of carboxylic acid groups (broad SMARTS) is 1. The van der Waals surface area contributed by atoms with Crippen LogP contribution in [0, 0.1) is 18.8 Å². The van der Waals surface area contributed by atoms with Crippen LogP contribution >= 0.6 is 15.9 Å². The molecular weight excluding hydrogens is 424 g/mol. The Hall–Kier alpha value is -1.37. The van der Waals surface area contributed by atoms with Crippen molar-refractivity contribution in [2.75, 3.05) is 0 Å². The average Bonchev–Trinajstić information content (AvgIpc) is 3.16. The molecular formula is C22H31BrO5. The van der Waals surface area contributed by atoms with E-state index in [0.29, 0.717) is 19.3 Å². The summed E-state index contributed by atoms with van der Waals surface area (Å²) in [6, 6.07) is 1.94. The zero-order valence-electron chi connectivity index (χ0n) is 16.4. The van der Waals surface area contributed by atoms with Crippen LogP contribution in [-0.4, -0.2) is 33.5 Å². The van der Waals surface area contributed by atoms with E-state index in [-0.39, 0.29) is 24.4 Å². The Morgan fingerprint density at radius 3 is 2.86 bits per heavy atom. The smallest absolute Gasteiger partial charge is 0.303 e. The van der Waals surface area contributed by atoms with Crippen LogP contribution in [-0.2, 0) is 11.2 Å². The number of hydrogen-bond acceptors (Lipinski definition) is 4. The molecule has 0 saturated heterocycles. The highest BCUT2D eigenvalue weighted by Crippen LogP contribution is 2.36. The van der Waals surface area contributed by atoms with E-state index in [9.17, 15) is 15.0 Å². The van der Waals surface area contributed by atoms with Crippen LogP contribution in [0.3, 0.4) is 0 Å². The molecule has 1 aliphatic rings. The Balaban J connectivity index is 1.76. The Morgan fingerprint density at radius 1 is 1.39 bits per heavy atom. The molecule has 5 nitrogen and oxygen atoms in total. The van der Waals surface area contributed by atoms with Gasteiger partial charge in [-0.2, -0.15) is 0 Å². The summed E-state index contributed by atoms with van der Waals surface area (Å²) in [6.07, 6.45) is 12.4. The maximum Gasteiger partial charge on any atom is 0.303 e. The van der Waals surface area contributed by atoms with Crippen molar-refractivity contribution >= 4 is 21.9 Å². The number of rotatable bonds is 11. The molecule has 1 aromatic heterocycles. The van der Waals surface area contributed by atoms with E-state index in [2.05, 4.69) is 22.0 Å². The first kappa shape index (κ1) is 22.9. The summed E-state index contributed by atoms with van der Waals surface area (Å²) in [6.45, 7) is 1.90. The van der Waals surface area contributed by atoms with Crippen molar-refractivity contribution in [3.63, 3.8) is 0 Å². The van der Waals surface area contributed by atoms with Gasteiger partial charge >= 0.3 is 5.97 Å². The van der Waals surface area contributed by atoms with E-state index < -0.39 is 12.1 Å². The standard InChI is InChI=1S/C22H31BrO5/c1-15-20(23)14-18(28-15)12-11-17(24)10-8-16-9-13-21(25)19(16)6-4-2-3-5-7-22(26)27/h2,4,8,10,14,16-17,19,21,24-25H,3,5-7,9,11-13H2,1H3,(H,26,27)/t16-,17+,19+,21?/m0/s1. The molecule has 28 heavy (non-hydrogen) atoms. The molecule has 0 aromatic carbocycles. The van der Waals surface area contributed by atoms with Crippen LogP contribution in [0.15, 0.2) is 39.3 Å². The summed E-state index contributed by atoms with van der Waals surface area (Å²) in [7, 11) is 0. The lowest BCUT2D eigenvalue weighted by Crippen LogP contribution is -2.17. The number of unbranched alkanes of at least 4 members (excludes halogenated alkanes) is 1. The average molecular weight is 455 g/mol. The molecule has 1 unspecified atom stereocenters. The quantitative estimate of drug-likeness (QED) is 0.330. The molecule has 0 amide bonds. The maximum absolute atomic E-state index is 10.5. The Kier molecular flexibility index (Phi) is 9.48. The second-order valence-electron chi connectivity index (χ2n) is 7.57. The van der Waals surface area contributed by atoms with Gasteiger partial charge in [-0.1, -0.05) is 24.3 Å². The predicted octanol–water partition coefficient (Wildman–Crippen LogP) is 4.79. The van der Waals surface area contributed by atoms with Crippen LogP contribution in [0.2, 0.25) is 0 Å². The van der Waals surface area contributed by atoms with Gasteiger partial charge < -0.3 is 19.7 Å². The third kappa shape index (κ3) is 7.57. The van der Waals surface area contributed by atoms with Gasteiger partial charge in [0.05, 0.1) is 16.7 Å². The topological polar surface area (TPSA) is 90.9 Å². The molecule has 1 heterocycles. The Labute approximate surface area is 175 Å². The minimum absolute atomic E-state index is 0.155. The van der Waals surface area contributed by atoms with Crippen molar-refractivity contribution in [1.82, 2.24) is 0 Å². The molecule has 1 saturated carbocycles. The van der Waals surface area contributed by atoms with Crippen LogP contribution in [0.5, 0.6) is 0 Å². The zero-order chi connectivity index (χ0) is 20.5. The van der Waals surface area contributed by atoms with Gasteiger partial charge in [0.15, 0.2) is 0 Å². The Bertz CT molecular complexity index is 659. The number of allylic oxidation sites excluding steroid dienone is 3. The minimum Gasteiger partial charge on any atom is -0.481 e. The van der Waals surface area contributed by atoms with Gasteiger partial charge in [-0.25, -0.2) is 0 Å². The van der Waals surface area contributed by atoms with E-state index in [4.69, 9.17) is 9.52 Å².